The maximum atomic E-state index is 11.8. The summed E-state index contributed by atoms with van der Waals surface area (Å²) < 4.78 is 0. The molecular weight excluding hydrogens is 276 g/mol. The SMILES string of the molecule is CC(NC(=O)NCC(C)(C)CCO)c1ccc(Cl)cc1. The molecule has 0 fully saturated rings. The second kappa shape index (κ2) is 7.50. The summed E-state index contributed by atoms with van der Waals surface area (Å²) in [6, 6.07) is 7.09. The van der Waals surface area contributed by atoms with Crippen LogP contribution < -0.4 is 10.6 Å². The molecule has 0 aliphatic carbocycles. The van der Waals surface area contributed by atoms with Gasteiger partial charge in [-0.25, -0.2) is 4.79 Å². The monoisotopic (exact) mass is 298 g/mol. The highest BCUT2D eigenvalue weighted by molar-refractivity contribution is 6.30. The van der Waals surface area contributed by atoms with Gasteiger partial charge in [0.1, 0.15) is 0 Å². The summed E-state index contributed by atoms with van der Waals surface area (Å²) in [6.45, 7) is 6.57. The number of rotatable bonds is 6. The van der Waals surface area contributed by atoms with E-state index in [1.807, 2.05) is 32.9 Å². The normalized spacial score (nSPS) is 12.8. The van der Waals surface area contributed by atoms with E-state index in [1.165, 1.54) is 0 Å². The fraction of sp³-hybridized carbons (Fsp3) is 0.533. The van der Waals surface area contributed by atoms with E-state index in [-0.39, 0.29) is 24.1 Å². The molecule has 0 spiro atoms. The Balaban J connectivity index is 2.44. The Morgan fingerprint density at radius 2 is 1.95 bits per heavy atom. The molecule has 0 bridgehead atoms. The van der Waals surface area contributed by atoms with E-state index >= 15 is 0 Å². The number of carbonyl (C=O) groups excluding carboxylic acids is 1. The van der Waals surface area contributed by atoms with Gasteiger partial charge in [-0.05, 0) is 36.5 Å². The van der Waals surface area contributed by atoms with Crippen molar-refractivity contribution in [2.24, 2.45) is 5.41 Å². The Bertz CT molecular complexity index is 432. The van der Waals surface area contributed by atoms with Gasteiger partial charge in [0.2, 0.25) is 0 Å². The molecule has 5 heteroatoms. The van der Waals surface area contributed by atoms with Gasteiger partial charge in [0, 0.05) is 18.2 Å². The third kappa shape index (κ3) is 5.80. The van der Waals surface area contributed by atoms with E-state index in [1.54, 1.807) is 12.1 Å². The minimum atomic E-state index is -0.210. The maximum Gasteiger partial charge on any atom is 0.315 e. The van der Waals surface area contributed by atoms with Crippen LogP contribution in [-0.2, 0) is 0 Å². The average Bonchev–Trinajstić information content (AvgIpc) is 2.37. The molecule has 1 aromatic carbocycles. The summed E-state index contributed by atoms with van der Waals surface area (Å²) >= 11 is 5.83. The topological polar surface area (TPSA) is 61.4 Å². The third-order valence-corrected chi connectivity index (χ3v) is 3.49. The van der Waals surface area contributed by atoms with Crippen LogP contribution in [0.25, 0.3) is 0 Å². The molecule has 0 radical (unpaired) electrons. The van der Waals surface area contributed by atoms with Gasteiger partial charge in [-0.2, -0.15) is 0 Å². The predicted octanol–water partition coefficient (Wildman–Crippen LogP) is 3.11. The van der Waals surface area contributed by atoms with Gasteiger partial charge in [-0.3, -0.25) is 0 Å². The van der Waals surface area contributed by atoms with Gasteiger partial charge >= 0.3 is 6.03 Å². The molecule has 4 nitrogen and oxygen atoms in total. The van der Waals surface area contributed by atoms with Crippen LogP contribution in [0.3, 0.4) is 0 Å². The number of urea groups is 1. The van der Waals surface area contributed by atoms with Crippen molar-refractivity contribution < 1.29 is 9.90 Å². The van der Waals surface area contributed by atoms with Crippen molar-refractivity contribution in [3.8, 4) is 0 Å². The zero-order chi connectivity index (χ0) is 15.2. The van der Waals surface area contributed by atoms with E-state index < -0.39 is 0 Å². The molecule has 0 aromatic heterocycles. The third-order valence-electron chi connectivity index (χ3n) is 3.23. The number of carbonyl (C=O) groups is 1. The molecule has 2 amide bonds. The van der Waals surface area contributed by atoms with Crippen LogP contribution in [-0.4, -0.2) is 24.3 Å². The first-order valence-corrected chi connectivity index (χ1v) is 7.12. The van der Waals surface area contributed by atoms with Gasteiger partial charge in [-0.15, -0.1) is 0 Å². The summed E-state index contributed by atoms with van der Waals surface area (Å²) in [5.41, 5.74) is 0.884. The average molecular weight is 299 g/mol. The Morgan fingerprint density at radius 1 is 1.35 bits per heavy atom. The molecule has 1 atom stereocenters. The Morgan fingerprint density at radius 3 is 2.50 bits per heavy atom. The van der Waals surface area contributed by atoms with Gasteiger partial charge < -0.3 is 15.7 Å². The number of hydrogen-bond donors (Lipinski definition) is 3. The van der Waals surface area contributed by atoms with Gasteiger partial charge in [0.25, 0.3) is 0 Å². The Hall–Kier alpha value is -1.26. The summed E-state index contributed by atoms with van der Waals surface area (Å²) in [4.78, 5) is 11.8. The largest absolute Gasteiger partial charge is 0.396 e. The number of halogens is 1. The molecule has 3 N–H and O–H groups in total. The lowest BCUT2D eigenvalue weighted by atomic mass is 9.90. The van der Waals surface area contributed by atoms with Crippen molar-refractivity contribution >= 4 is 17.6 Å². The molecule has 0 saturated heterocycles. The summed E-state index contributed by atoms with van der Waals surface area (Å²) in [7, 11) is 0. The number of nitrogens with one attached hydrogen (secondary N) is 2. The molecule has 20 heavy (non-hydrogen) atoms. The number of aliphatic hydroxyl groups excluding tert-OH is 1. The summed E-state index contributed by atoms with van der Waals surface area (Å²) in [6.07, 6.45) is 0.653. The quantitative estimate of drug-likeness (QED) is 0.756. The van der Waals surface area contributed by atoms with Gasteiger partial charge in [0.05, 0.1) is 6.04 Å². The lowest BCUT2D eigenvalue weighted by Crippen LogP contribution is -2.41. The lowest BCUT2D eigenvalue weighted by Gasteiger charge is -2.24. The van der Waals surface area contributed by atoms with Crippen molar-refractivity contribution in [3.05, 3.63) is 34.9 Å². The predicted molar refractivity (Wildman–Crippen MR) is 81.9 cm³/mol. The highest BCUT2D eigenvalue weighted by Crippen LogP contribution is 2.18. The van der Waals surface area contributed by atoms with Crippen LogP contribution in [0.5, 0.6) is 0 Å². The second-order valence-corrected chi connectivity index (χ2v) is 6.17. The van der Waals surface area contributed by atoms with Crippen LogP contribution in [0.15, 0.2) is 24.3 Å². The van der Waals surface area contributed by atoms with Crippen molar-refractivity contribution in [2.45, 2.75) is 33.2 Å². The first-order valence-electron chi connectivity index (χ1n) is 6.75. The van der Waals surface area contributed by atoms with Crippen LogP contribution in [0.2, 0.25) is 5.02 Å². The molecule has 0 aliphatic rings. The number of amides is 2. The number of hydrogen-bond acceptors (Lipinski definition) is 2. The molecule has 0 heterocycles. The summed E-state index contributed by atoms with van der Waals surface area (Å²) in [5, 5.41) is 15.3. The molecule has 0 aliphatic heterocycles. The van der Waals surface area contributed by atoms with E-state index in [9.17, 15) is 4.79 Å². The van der Waals surface area contributed by atoms with Crippen molar-refractivity contribution in [3.63, 3.8) is 0 Å². The smallest absolute Gasteiger partial charge is 0.315 e. The van der Waals surface area contributed by atoms with Crippen LogP contribution in [0.4, 0.5) is 4.79 Å². The Kier molecular flexibility index (Phi) is 6.30. The fourth-order valence-electron chi connectivity index (χ4n) is 1.79. The minimum Gasteiger partial charge on any atom is -0.396 e. The Labute approximate surface area is 125 Å². The van der Waals surface area contributed by atoms with E-state index in [2.05, 4.69) is 10.6 Å². The van der Waals surface area contributed by atoms with Gasteiger partial charge in [-0.1, -0.05) is 37.6 Å². The van der Waals surface area contributed by atoms with Crippen LogP contribution >= 0.6 is 11.6 Å². The van der Waals surface area contributed by atoms with E-state index in [0.717, 1.165) is 5.56 Å². The molecule has 112 valence electrons. The van der Waals surface area contributed by atoms with Crippen molar-refractivity contribution in [1.82, 2.24) is 10.6 Å². The molecule has 1 aromatic rings. The highest BCUT2D eigenvalue weighted by atomic mass is 35.5. The fourth-order valence-corrected chi connectivity index (χ4v) is 1.92. The number of aliphatic hydroxyl groups is 1. The van der Waals surface area contributed by atoms with E-state index in [4.69, 9.17) is 16.7 Å². The van der Waals surface area contributed by atoms with Crippen molar-refractivity contribution in [1.29, 1.82) is 0 Å². The lowest BCUT2D eigenvalue weighted by molar-refractivity contribution is 0.200. The minimum absolute atomic E-state index is 0.0896. The second-order valence-electron chi connectivity index (χ2n) is 5.74. The first kappa shape index (κ1) is 16.8. The first-order chi connectivity index (χ1) is 9.34. The van der Waals surface area contributed by atoms with Crippen LogP contribution in [0.1, 0.15) is 38.8 Å². The zero-order valence-electron chi connectivity index (χ0n) is 12.2. The molecule has 1 unspecified atom stereocenters. The standard InChI is InChI=1S/C15H23ClN2O2/c1-11(12-4-6-13(16)7-5-12)18-14(20)17-10-15(2,3)8-9-19/h4-7,11,19H,8-10H2,1-3H3,(H2,17,18,20). The van der Waals surface area contributed by atoms with Crippen LogP contribution in [0, 0.1) is 5.41 Å². The van der Waals surface area contributed by atoms with Crippen molar-refractivity contribution in [2.75, 3.05) is 13.2 Å². The van der Waals surface area contributed by atoms with E-state index in [0.29, 0.717) is 18.0 Å². The van der Waals surface area contributed by atoms with Gasteiger partial charge in [0.15, 0.2) is 0 Å². The zero-order valence-corrected chi connectivity index (χ0v) is 13.0. The molecule has 0 saturated carbocycles. The highest BCUT2D eigenvalue weighted by Gasteiger charge is 2.18. The molecular formula is C15H23ClN2O2. The number of benzene rings is 1. The molecule has 1 rings (SSSR count). The maximum absolute atomic E-state index is 11.8. The summed E-state index contributed by atoms with van der Waals surface area (Å²) in [5.74, 6) is 0.